The van der Waals surface area contributed by atoms with Gasteiger partial charge in [-0.3, -0.25) is 9.78 Å². The van der Waals surface area contributed by atoms with Gasteiger partial charge in [0.2, 0.25) is 15.9 Å². The monoisotopic (exact) mass is 327 g/mol. The lowest BCUT2D eigenvalue weighted by Crippen LogP contribution is -2.43. The molecule has 1 aromatic heterocycles. The Bertz CT molecular complexity index is 573. The number of rotatable bonds is 8. The Hall–Kier alpha value is -1.47. The van der Waals surface area contributed by atoms with Crippen LogP contribution in [-0.2, 0) is 21.2 Å². The van der Waals surface area contributed by atoms with E-state index in [2.05, 4.69) is 4.98 Å². The largest absolute Gasteiger partial charge is 0.344 e. The first-order valence-electron chi connectivity index (χ1n) is 7.28. The van der Waals surface area contributed by atoms with E-state index in [1.807, 2.05) is 26.0 Å². The van der Waals surface area contributed by atoms with Crippen LogP contribution in [0.4, 0.5) is 0 Å². The van der Waals surface area contributed by atoms with Gasteiger partial charge in [-0.15, -0.1) is 0 Å². The summed E-state index contributed by atoms with van der Waals surface area (Å²) in [5.74, 6) is -0.0234. The van der Waals surface area contributed by atoms with Crippen molar-refractivity contribution >= 4 is 15.9 Å². The van der Waals surface area contributed by atoms with Gasteiger partial charge >= 0.3 is 0 Å². The summed E-state index contributed by atoms with van der Waals surface area (Å²) in [5.41, 5.74) is 1.09. The molecule has 1 heterocycles. The molecule has 6 nitrogen and oxygen atoms in total. The van der Waals surface area contributed by atoms with Crippen LogP contribution in [0.3, 0.4) is 0 Å². The van der Waals surface area contributed by atoms with Crippen LogP contribution in [0.15, 0.2) is 24.5 Å². The van der Waals surface area contributed by atoms with Crippen LogP contribution in [0.5, 0.6) is 0 Å². The Balaban J connectivity index is 2.58. The van der Waals surface area contributed by atoms with Crippen molar-refractivity contribution in [2.75, 3.05) is 32.9 Å². The van der Waals surface area contributed by atoms with Crippen molar-refractivity contribution in [1.29, 1.82) is 0 Å². The number of carbonyl (C=O) groups is 1. The minimum Gasteiger partial charge on any atom is -0.344 e. The Morgan fingerprint density at radius 2 is 1.86 bits per heavy atom. The minimum absolute atomic E-state index is 0.107. The maximum absolute atomic E-state index is 12.2. The summed E-state index contributed by atoms with van der Waals surface area (Å²) in [6.45, 7) is 4.64. The zero-order valence-corrected chi connectivity index (χ0v) is 14.5. The molecule has 0 aliphatic carbocycles. The second-order valence-electron chi connectivity index (χ2n) is 5.87. The molecule has 1 amide bonds. The standard InChI is InChI=1S/C15H25N3O3S/c1-13(2)11-18(22(4,20)21)12-15(19)17(3)10-7-14-5-8-16-9-6-14/h5-6,8-9,13H,7,10-12H2,1-4H3. The summed E-state index contributed by atoms with van der Waals surface area (Å²) < 4.78 is 24.7. The number of aromatic nitrogens is 1. The molecule has 124 valence electrons. The summed E-state index contributed by atoms with van der Waals surface area (Å²) in [6.07, 6.45) is 5.28. The molecule has 0 saturated heterocycles. The Morgan fingerprint density at radius 1 is 1.27 bits per heavy atom. The highest BCUT2D eigenvalue weighted by Gasteiger charge is 2.22. The van der Waals surface area contributed by atoms with Crippen molar-refractivity contribution in [2.24, 2.45) is 5.92 Å². The lowest BCUT2D eigenvalue weighted by Gasteiger charge is -2.24. The molecule has 7 heteroatoms. The summed E-state index contributed by atoms with van der Waals surface area (Å²) in [5, 5.41) is 0. The Morgan fingerprint density at radius 3 is 2.36 bits per heavy atom. The van der Waals surface area contributed by atoms with Crippen LogP contribution in [0.2, 0.25) is 0 Å². The van der Waals surface area contributed by atoms with E-state index in [0.29, 0.717) is 19.5 Å². The van der Waals surface area contributed by atoms with Gasteiger partial charge in [0, 0.05) is 32.5 Å². The number of likely N-dealkylation sites (N-methyl/N-ethyl adjacent to an activating group) is 1. The molecular weight excluding hydrogens is 302 g/mol. The van der Waals surface area contributed by atoms with Gasteiger partial charge < -0.3 is 4.90 Å². The van der Waals surface area contributed by atoms with Gasteiger partial charge in [0.05, 0.1) is 12.8 Å². The number of carbonyl (C=O) groups excluding carboxylic acids is 1. The van der Waals surface area contributed by atoms with E-state index in [0.717, 1.165) is 11.8 Å². The predicted molar refractivity (Wildman–Crippen MR) is 86.8 cm³/mol. The number of hydrogen-bond donors (Lipinski definition) is 0. The molecule has 1 rings (SSSR count). The molecule has 0 radical (unpaired) electrons. The van der Waals surface area contributed by atoms with Gasteiger partial charge in [-0.05, 0) is 30.0 Å². The number of sulfonamides is 1. The smallest absolute Gasteiger partial charge is 0.237 e. The molecule has 0 saturated carbocycles. The van der Waals surface area contributed by atoms with Gasteiger partial charge in [0.15, 0.2) is 0 Å². The second kappa shape index (κ2) is 8.24. The van der Waals surface area contributed by atoms with Gasteiger partial charge in [-0.1, -0.05) is 13.8 Å². The normalized spacial score (nSPS) is 11.9. The summed E-state index contributed by atoms with van der Waals surface area (Å²) in [4.78, 5) is 17.7. The molecule has 0 fully saturated rings. The molecule has 0 unspecified atom stereocenters. The number of pyridine rings is 1. The van der Waals surface area contributed by atoms with Gasteiger partial charge in [0.1, 0.15) is 0 Å². The topological polar surface area (TPSA) is 70.6 Å². The van der Waals surface area contributed by atoms with E-state index in [4.69, 9.17) is 0 Å². The molecule has 0 N–H and O–H groups in total. The predicted octanol–water partition coefficient (Wildman–Crippen LogP) is 1.00. The van der Waals surface area contributed by atoms with Gasteiger partial charge in [-0.25, -0.2) is 8.42 Å². The van der Waals surface area contributed by atoms with Crippen LogP contribution in [0, 0.1) is 5.92 Å². The average molecular weight is 327 g/mol. The van der Waals surface area contributed by atoms with E-state index in [1.165, 1.54) is 4.31 Å². The zero-order chi connectivity index (χ0) is 16.8. The van der Waals surface area contributed by atoms with Crippen molar-refractivity contribution in [1.82, 2.24) is 14.2 Å². The van der Waals surface area contributed by atoms with Gasteiger partial charge in [-0.2, -0.15) is 4.31 Å². The molecular formula is C15H25N3O3S. The first-order chi connectivity index (χ1) is 10.2. The van der Waals surface area contributed by atoms with Crippen LogP contribution in [0.25, 0.3) is 0 Å². The molecule has 0 aliphatic rings. The molecule has 22 heavy (non-hydrogen) atoms. The summed E-state index contributed by atoms with van der Waals surface area (Å²) in [6, 6.07) is 3.81. The van der Waals surface area contributed by atoms with Crippen molar-refractivity contribution in [3.63, 3.8) is 0 Å². The third kappa shape index (κ3) is 6.53. The number of amides is 1. The highest BCUT2D eigenvalue weighted by Crippen LogP contribution is 2.06. The summed E-state index contributed by atoms with van der Waals surface area (Å²) in [7, 11) is -1.68. The zero-order valence-electron chi connectivity index (χ0n) is 13.7. The highest BCUT2D eigenvalue weighted by molar-refractivity contribution is 7.88. The van der Waals surface area contributed by atoms with Gasteiger partial charge in [0.25, 0.3) is 0 Å². The van der Waals surface area contributed by atoms with Crippen LogP contribution in [0.1, 0.15) is 19.4 Å². The van der Waals surface area contributed by atoms with Crippen LogP contribution >= 0.6 is 0 Å². The fraction of sp³-hybridized carbons (Fsp3) is 0.600. The first-order valence-corrected chi connectivity index (χ1v) is 9.13. The maximum atomic E-state index is 12.2. The number of hydrogen-bond acceptors (Lipinski definition) is 4. The van der Waals surface area contributed by atoms with E-state index >= 15 is 0 Å². The summed E-state index contributed by atoms with van der Waals surface area (Å²) >= 11 is 0. The molecule has 0 bridgehead atoms. The second-order valence-corrected chi connectivity index (χ2v) is 7.85. The fourth-order valence-corrected chi connectivity index (χ4v) is 2.88. The maximum Gasteiger partial charge on any atom is 0.237 e. The van der Waals surface area contributed by atoms with E-state index in [9.17, 15) is 13.2 Å². The van der Waals surface area contributed by atoms with E-state index < -0.39 is 10.0 Å². The lowest BCUT2D eigenvalue weighted by molar-refractivity contribution is -0.130. The molecule has 1 aromatic rings. The average Bonchev–Trinajstić information content (AvgIpc) is 2.43. The van der Waals surface area contributed by atoms with E-state index in [1.54, 1.807) is 24.3 Å². The fourth-order valence-electron chi connectivity index (χ4n) is 1.97. The highest BCUT2D eigenvalue weighted by atomic mass is 32.2. The molecule has 0 spiro atoms. The molecule has 0 aliphatic heterocycles. The SMILES string of the molecule is CC(C)CN(CC(=O)N(C)CCc1ccncc1)S(C)(=O)=O. The third-order valence-electron chi connectivity index (χ3n) is 3.26. The Labute approximate surface area is 133 Å². The number of nitrogens with zero attached hydrogens (tertiary/aromatic N) is 3. The van der Waals surface area contributed by atoms with Crippen molar-refractivity contribution in [3.8, 4) is 0 Å². The van der Waals surface area contributed by atoms with Crippen LogP contribution in [-0.4, -0.2) is 61.5 Å². The Kier molecular flexibility index (Phi) is 6.96. The van der Waals surface area contributed by atoms with Crippen LogP contribution < -0.4 is 0 Å². The molecule has 0 atom stereocenters. The quantitative estimate of drug-likeness (QED) is 0.714. The third-order valence-corrected chi connectivity index (χ3v) is 4.48. The first kappa shape index (κ1) is 18.6. The van der Waals surface area contributed by atoms with Crippen molar-refractivity contribution in [3.05, 3.63) is 30.1 Å². The lowest BCUT2D eigenvalue weighted by atomic mass is 10.2. The molecule has 0 aromatic carbocycles. The van der Waals surface area contributed by atoms with Crippen molar-refractivity contribution in [2.45, 2.75) is 20.3 Å². The van der Waals surface area contributed by atoms with Crippen molar-refractivity contribution < 1.29 is 13.2 Å². The van der Waals surface area contributed by atoms with E-state index in [-0.39, 0.29) is 18.4 Å². The minimum atomic E-state index is -3.38.